The van der Waals surface area contributed by atoms with Gasteiger partial charge < -0.3 is 10.5 Å². The summed E-state index contributed by atoms with van der Waals surface area (Å²) in [5.41, 5.74) is 7.47. The second-order valence-electron chi connectivity index (χ2n) is 4.83. The van der Waals surface area contributed by atoms with E-state index in [-0.39, 0.29) is 5.54 Å². The van der Waals surface area contributed by atoms with E-state index in [9.17, 15) is 0 Å². The van der Waals surface area contributed by atoms with Gasteiger partial charge in [0.2, 0.25) is 0 Å². The van der Waals surface area contributed by atoms with Crippen molar-refractivity contribution >= 4 is 21.4 Å². The maximum atomic E-state index is 6.31. The Balaban J connectivity index is 2.18. The van der Waals surface area contributed by atoms with Gasteiger partial charge in [-0.25, -0.2) is 0 Å². The highest BCUT2D eigenvalue weighted by Gasteiger charge is 2.20. The molecule has 0 aliphatic heterocycles. The van der Waals surface area contributed by atoms with E-state index in [0.29, 0.717) is 0 Å². The Bertz CT molecular complexity index is 490. The molecule has 0 aliphatic rings. The summed E-state index contributed by atoms with van der Waals surface area (Å²) in [7, 11) is 1.72. The molecule has 0 bridgehead atoms. The Morgan fingerprint density at radius 1 is 1.35 bits per heavy atom. The van der Waals surface area contributed by atoms with Gasteiger partial charge in [-0.2, -0.15) is 0 Å². The number of hydrogen-bond donors (Lipinski definition) is 1. The number of rotatable bonds is 5. The van der Waals surface area contributed by atoms with Gasteiger partial charge in [-0.05, 0) is 42.2 Å². The number of thiophene rings is 1. The molecule has 2 rings (SSSR count). The highest BCUT2D eigenvalue weighted by Crippen LogP contribution is 2.28. The summed E-state index contributed by atoms with van der Waals surface area (Å²) in [6.07, 6.45) is 1.79. The van der Waals surface area contributed by atoms with Crippen molar-refractivity contribution in [3.05, 3.63) is 35.2 Å². The molecule has 1 heterocycles. The van der Waals surface area contributed by atoms with Crippen LogP contribution in [0, 0.1) is 0 Å². The van der Waals surface area contributed by atoms with Gasteiger partial charge in [-0.15, -0.1) is 11.3 Å². The average molecular weight is 249 g/mol. The first-order valence-electron chi connectivity index (χ1n) is 5.85. The van der Waals surface area contributed by atoms with Crippen LogP contribution in [0.25, 0.3) is 10.1 Å². The van der Waals surface area contributed by atoms with Crippen molar-refractivity contribution in [2.75, 3.05) is 13.7 Å². The Hall–Kier alpha value is -0.900. The zero-order chi connectivity index (χ0) is 12.3. The van der Waals surface area contributed by atoms with Gasteiger partial charge in [0.25, 0.3) is 0 Å². The minimum absolute atomic E-state index is 0.195. The van der Waals surface area contributed by atoms with Crippen molar-refractivity contribution in [1.82, 2.24) is 0 Å². The van der Waals surface area contributed by atoms with E-state index in [2.05, 4.69) is 36.6 Å². The first-order valence-corrected chi connectivity index (χ1v) is 6.73. The summed E-state index contributed by atoms with van der Waals surface area (Å²) in [4.78, 5) is 0. The molecule has 0 spiro atoms. The van der Waals surface area contributed by atoms with E-state index in [1.165, 1.54) is 15.6 Å². The zero-order valence-corrected chi connectivity index (χ0v) is 11.2. The monoisotopic (exact) mass is 249 g/mol. The molecule has 2 nitrogen and oxygen atoms in total. The van der Waals surface area contributed by atoms with Crippen LogP contribution < -0.4 is 5.73 Å². The molecule has 1 atom stereocenters. The van der Waals surface area contributed by atoms with Crippen LogP contribution in [0.15, 0.2) is 29.6 Å². The van der Waals surface area contributed by atoms with Crippen LogP contribution in [0.1, 0.15) is 18.9 Å². The molecule has 92 valence electrons. The molecule has 1 aromatic carbocycles. The van der Waals surface area contributed by atoms with Crippen LogP contribution in [-0.4, -0.2) is 19.3 Å². The molecular weight excluding hydrogens is 230 g/mol. The molecular formula is C14H19NOS. The van der Waals surface area contributed by atoms with Gasteiger partial charge in [0.05, 0.1) is 0 Å². The molecule has 17 heavy (non-hydrogen) atoms. The van der Waals surface area contributed by atoms with Crippen LogP contribution in [0.5, 0.6) is 0 Å². The molecule has 0 fully saturated rings. The molecule has 3 heteroatoms. The molecule has 0 saturated carbocycles. The lowest BCUT2D eigenvalue weighted by molar-refractivity contribution is 0.172. The van der Waals surface area contributed by atoms with E-state index < -0.39 is 0 Å². The second-order valence-corrected chi connectivity index (χ2v) is 5.74. The number of fused-ring (bicyclic) bond motifs is 1. The first-order chi connectivity index (χ1) is 8.12. The fourth-order valence-corrected chi connectivity index (χ4v) is 2.99. The minimum Gasteiger partial charge on any atom is -0.385 e. The fraction of sp³-hybridized carbons (Fsp3) is 0.429. The van der Waals surface area contributed by atoms with E-state index in [1.807, 2.05) is 0 Å². The van der Waals surface area contributed by atoms with Gasteiger partial charge in [0.15, 0.2) is 0 Å². The number of ether oxygens (including phenoxy) is 1. The van der Waals surface area contributed by atoms with Crippen molar-refractivity contribution in [3.8, 4) is 0 Å². The molecule has 2 aromatic rings. The van der Waals surface area contributed by atoms with E-state index in [1.54, 1.807) is 18.4 Å². The lowest BCUT2D eigenvalue weighted by Gasteiger charge is -2.24. The highest BCUT2D eigenvalue weighted by atomic mass is 32.1. The number of methoxy groups -OCH3 is 1. The van der Waals surface area contributed by atoms with Crippen molar-refractivity contribution in [2.24, 2.45) is 5.73 Å². The molecule has 0 radical (unpaired) electrons. The maximum Gasteiger partial charge on any atom is 0.0479 e. The van der Waals surface area contributed by atoms with Gasteiger partial charge in [0, 0.05) is 24.0 Å². The lowest BCUT2D eigenvalue weighted by atomic mass is 9.91. The fourth-order valence-electron chi connectivity index (χ4n) is 2.03. The molecule has 0 aliphatic carbocycles. The quantitative estimate of drug-likeness (QED) is 0.883. The minimum atomic E-state index is -0.195. The van der Waals surface area contributed by atoms with Crippen LogP contribution >= 0.6 is 11.3 Å². The number of benzene rings is 1. The molecule has 0 amide bonds. The van der Waals surface area contributed by atoms with Gasteiger partial charge in [-0.3, -0.25) is 0 Å². The Labute approximate surface area is 106 Å². The molecule has 1 aromatic heterocycles. The lowest BCUT2D eigenvalue weighted by Crippen LogP contribution is -2.39. The Morgan fingerprint density at radius 2 is 2.12 bits per heavy atom. The molecule has 0 saturated heterocycles. The van der Waals surface area contributed by atoms with E-state index >= 15 is 0 Å². The predicted molar refractivity (Wildman–Crippen MR) is 74.6 cm³/mol. The van der Waals surface area contributed by atoms with Crippen LogP contribution in [0.2, 0.25) is 0 Å². The van der Waals surface area contributed by atoms with Crippen molar-refractivity contribution in [3.63, 3.8) is 0 Å². The maximum absolute atomic E-state index is 6.31. The summed E-state index contributed by atoms with van der Waals surface area (Å²) >= 11 is 1.79. The van der Waals surface area contributed by atoms with Crippen LogP contribution in [-0.2, 0) is 11.2 Å². The van der Waals surface area contributed by atoms with E-state index in [4.69, 9.17) is 10.5 Å². The van der Waals surface area contributed by atoms with Crippen molar-refractivity contribution in [1.29, 1.82) is 0 Å². The third kappa shape index (κ3) is 3.06. The highest BCUT2D eigenvalue weighted by molar-refractivity contribution is 7.17. The summed E-state index contributed by atoms with van der Waals surface area (Å²) in [5, 5.41) is 3.56. The van der Waals surface area contributed by atoms with E-state index in [0.717, 1.165) is 19.4 Å². The molecule has 1 unspecified atom stereocenters. The van der Waals surface area contributed by atoms with Gasteiger partial charge in [0.1, 0.15) is 0 Å². The number of hydrogen-bond acceptors (Lipinski definition) is 3. The second kappa shape index (κ2) is 5.17. The van der Waals surface area contributed by atoms with Crippen LogP contribution in [0.4, 0.5) is 0 Å². The third-order valence-corrected chi connectivity index (χ3v) is 4.05. The summed E-state index contributed by atoms with van der Waals surface area (Å²) in [5.74, 6) is 0. The SMILES string of the molecule is COCCC(C)(N)Cc1csc2ccccc12. The van der Waals surface area contributed by atoms with Gasteiger partial charge >= 0.3 is 0 Å². The smallest absolute Gasteiger partial charge is 0.0479 e. The van der Waals surface area contributed by atoms with Crippen molar-refractivity contribution < 1.29 is 4.74 Å². The third-order valence-electron chi connectivity index (χ3n) is 3.03. The molecule has 2 N–H and O–H groups in total. The summed E-state index contributed by atoms with van der Waals surface area (Å²) in [6.45, 7) is 2.81. The zero-order valence-electron chi connectivity index (χ0n) is 10.4. The Kier molecular flexibility index (Phi) is 3.82. The normalized spacial score (nSPS) is 15.0. The first kappa shape index (κ1) is 12.6. The Morgan fingerprint density at radius 3 is 2.88 bits per heavy atom. The summed E-state index contributed by atoms with van der Waals surface area (Å²) in [6, 6.07) is 8.50. The topological polar surface area (TPSA) is 35.2 Å². The largest absolute Gasteiger partial charge is 0.385 e. The number of nitrogens with two attached hydrogens (primary N) is 1. The predicted octanol–water partition coefficient (Wildman–Crippen LogP) is 3.20. The average Bonchev–Trinajstić information content (AvgIpc) is 2.70. The van der Waals surface area contributed by atoms with Crippen molar-refractivity contribution in [2.45, 2.75) is 25.3 Å². The summed E-state index contributed by atoms with van der Waals surface area (Å²) < 4.78 is 6.44. The van der Waals surface area contributed by atoms with Crippen LogP contribution in [0.3, 0.4) is 0 Å². The standard InChI is InChI=1S/C14H19NOS/c1-14(15,7-8-16-2)9-11-10-17-13-6-4-3-5-12(11)13/h3-6,10H,7-9,15H2,1-2H3. The van der Waals surface area contributed by atoms with Gasteiger partial charge in [-0.1, -0.05) is 18.2 Å².